The molecule has 0 heterocycles. The standard InChI is InChI=1S/C24H31N3O4/c1-26(2)14-15-27(17-19-8-6-18(16-25)7-9-19)22(28)13-11-20-10-12-21(29-3)24(31-5)23(20)30-4/h6-10,12H,11,13-15,17H2,1-5H3. The Morgan fingerprint density at radius 2 is 1.61 bits per heavy atom. The Bertz CT molecular complexity index is 904. The number of nitrogens with zero attached hydrogens (tertiary/aromatic N) is 3. The Hall–Kier alpha value is -3.24. The maximum atomic E-state index is 13.1. The molecule has 2 aromatic rings. The molecule has 0 saturated carbocycles. The predicted octanol–water partition coefficient (Wildman–Crippen LogP) is 3.11. The molecule has 0 aromatic heterocycles. The normalized spacial score (nSPS) is 10.5. The molecule has 31 heavy (non-hydrogen) atoms. The lowest BCUT2D eigenvalue weighted by molar-refractivity contribution is -0.132. The first-order valence-electron chi connectivity index (χ1n) is 10.1. The highest BCUT2D eigenvalue weighted by atomic mass is 16.5. The van der Waals surface area contributed by atoms with Crippen LogP contribution in [0.25, 0.3) is 0 Å². The number of hydrogen-bond acceptors (Lipinski definition) is 6. The van der Waals surface area contributed by atoms with Gasteiger partial charge >= 0.3 is 0 Å². The fourth-order valence-electron chi connectivity index (χ4n) is 3.28. The fourth-order valence-corrected chi connectivity index (χ4v) is 3.28. The van der Waals surface area contributed by atoms with Gasteiger partial charge in [-0.3, -0.25) is 4.79 Å². The smallest absolute Gasteiger partial charge is 0.223 e. The lowest BCUT2D eigenvalue weighted by atomic mass is 10.1. The molecule has 7 heteroatoms. The fraction of sp³-hybridized carbons (Fsp3) is 0.417. The molecular weight excluding hydrogens is 394 g/mol. The number of aryl methyl sites for hydroxylation is 1. The Kier molecular flexibility index (Phi) is 9.16. The van der Waals surface area contributed by atoms with Crippen molar-refractivity contribution in [2.45, 2.75) is 19.4 Å². The summed E-state index contributed by atoms with van der Waals surface area (Å²) >= 11 is 0. The summed E-state index contributed by atoms with van der Waals surface area (Å²) in [6.45, 7) is 1.89. The minimum atomic E-state index is 0.0584. The van der Waals surface area contributed by atoms with Crippen molar-refractivity contribution < 1.29 is 19.0 Å². The number of ether oxygens (including phenoxy) is 3. The van der Waals surface area contributed by atoms with E-state index in [2.05, 4.69) is 11.0 Å². The van der Waals surface area contributed by atoms with Gasteiger partial charge in [0.15, 0.2) is 11.5 Å². The average molecular weight is 426 g/mol. The van der Waals surface area contributed by atoms with E-state index in [1.807, 2.05) is 43.3 Å². The van der Waals surface area contributed by atoms with Gasteiger partial charge in [-0.15, -0.1) is 0 Å². The van der Waals surface area contributed by atoms with E-state index in [4.69, 9.17) is 19.5 Å². The van der Waals surface area contributed by atoms with Crippen LogP contribution in [0.3, 0.4) is 0 Å². The van der Waals surface area contributed by atoms with Crippen LogP contribution in [0, 0.1) is 11.3 Å². The van der Waals surface area contributed by atoms with Crippen molar-refractivity contribution in [1.29, 1.82) is 5.26 Å². The number of hydrogen-bond donors (Lipinski definition) is 0. The lowest BCUT2D eigenvalue weighted by Crippen LogP contribution is -2.36. The molecule has 0 N–H and O–H groups in total. The third-order valence-corrected chi connectivity index (χ3v) is 5.02. The van der Waals surface area contributed by atoms with Gasteiger partial charge in [0.2, 0.25) is 11.7 Å². The first-order chi connectivity index (χ1) is 14.9. The second kappa shape index (κ2) is 11.8. The Morgan fingerprint density at radius 3 is 2.16 bits per heavy atom. The second-order valence-electron chi connectivity index (χ2n) is 7.42. The Balaban J connectivity index is 2.14. The van der Waals surface area contributed by atoms with Gasteiger partial charge in [0.1, 0.15) is 0 Å². The molecular formula is C24H31N3O4. The number of rotatable bonds is 11. The second-order valence-corrected chi connectivity index (χ2v) is 7.42. The van der Waals surface area contributed by atoms with Crippen LogP contribution in [0.4, 0.5) is 0 Å². The molecule has 0 bridgehead atoms. The van der Waals surface area contributed by atoms with Crippen LogP contribution in [-0.2, 0) is 17.8 Å². The summed E-state index contributed by atoms with van der Waals surface area (Å²) in [6, 6.07) is 13.2. The van der Waals surface area contributed by atoms with Crippen LogP contribution in [-0.4, -0.2) is 64.2 Å². The number of methoxy groups -OCH3 is 3. The topological polar surface area (TPSA) is 75.0 Å². The van der Waals surface area contributed by atoms with Crippen LogP contribution in [0.15, 0.2) is 36.4 Å². The molecule has 0 unspecified atom stereocenters. The third-order valence-electron chi connectivity index (χ3n) is 5.02. The molecule has 0 spiro atoms. The zero-order valence-corrected chi connectivity index (χ0v) is 19.0. The predicted molar refractivity (Wildman–Crippen MR) is 120 cm³/mol. The molecule has 166 valence electrons. The van der Waals surface area contributed by atoms with Crippen molar-refractivity contribution in [3.63, 3.8) is 0 Å². The van der Waals surface area contributed by atoms with E-state index in [0.717, 1.165) is 17.7 Å². The van der Waals surface area contributed by atoms with Gasteiger partial charge < -0.3 is 24.0 Å². The van der Waals surface area contributed by atoms with Crippen molar-refractivity contribution in [2.24, 2.45) is 0 Å². The molecule has 1 amide bonds. The molecule has 0 atom stereocenters. The first kappa shape index (κ1) is 24.0. The molecule has 0 fully saturated rings. The maximum Gasteiger partial charge on any atom is 0.223 e. The zero-order chi connectivity index (χ0) is 22.8. The van der Waals surface area contributed by atoms with Crippen molar-refractivity contribution in [3.05, 3.63) is 53.1 Å². The zero-order valence-electron chi connectivity index (χ0n) is 19.0. The van der Waals surface area contributed by atoms with Gasteiger partial charge in [-0.25, -0.2) is 0 Å². The van der Waals surface area contributed by atoms with E-state index in [9.17, 15) is 4.79 Å². The summed E-state index contributed by atoms with van der Waals surface area (Å²) in [5, 5.41) is 8.99. The van der Waals surface area contributed by atoms with E-state index < -0.39 is 0 Å². The van der Waals surface area contributed by atoms with Crippen LogP contribution >= 0.6 is 0 Å². The summed E-state index contributed by atoms with van der Waals surface area (Å²) in [6.07, 6.45) is 0.865. The number of benzene rings is 2. The average Bonchev–Trinajstić information content (AvgIpc) is 2.79. The largest absolute Gasteiger partial charge is 0.493 e. The SMILES string of the molecule is COc1ccc(CCC(=O)N(CCN(C)C)Cc2ccc(C#N)cc2)c(OC)c1OC. The van der Waals surface area contributed by atoms with E-state index in [-0.39, 0.29) is 5.91 Å². The van der Waals surface area contributed by atoms with Gasteiger partial charge in [0, 0.05) is 26.1 Å². The lowest BCUT2D eigenvalue weighted by Gasteiger charge is -2.25. The van der Waals surface area contributed by atoms with Gasteiger partial charge in [0.25, 0.3) is 0 Å². The third kappa shape index (κ3) is 6.63. The van der Waals surface area contributed by atoms with Gasteiger partial charge in [-0.1, -0.05) is 18.2 Å². The number of carbonyl (C=O) groups is 1. The van der Waals surface area contributed by atoms with E-state index in [1.165, 1.54) is 0 Å². The van der Waals surface area contributed by atoms with Crippen molar-refractivity contribution in [2.75, 3.05) is 48.5 Å². The molecule has 0 aliphatic heterocycles. The maximum absolute atomic E-state index is 13.1. The summed E-state index contributed by atoms with van der Waals surface area (Å²) in [4.78, 5) is 17.0. The highest BCUT2D eigenvalue weighted by molar-refractivity contribution is 5.76. The molecule has 0 saturated heterocycles. The van der Waals surface area contributed by atoms with Crippen LogP contribution in [0.1, 0.15) is 23.1 Å². The number of amides is 1. The van der Waals surface area contributed by atoms with Gasteiger partial charge in [-0.05, 0) is 49.8 Å². The van der Waals surface area contributed by atoms with Gasteiger partial charge in [0.05, 0.1) is 33.0 Å². The molecule has 0 radical (unpaired) electrons. The highest BCUT2D eigenvalue weighted by Gasteiger charge is 2.19. The molecule has 7 nitrogen and oxygen atoms in total. The van der Waals surface area contributed by atoms with E-state index in [0.29, 0.717) is 48.7 Å². The van der Waals surface area contributed by atoms with E-state index in [1.54, 1.807) is 33.5 Å². The van der Waals surface area contributed by atoms with Crippen LogP contribution < -0.4 is 14.2 Å². The highest BCUT2D eigenvalue weighted by Crippen LogP contribution is 2.40. The number of nitriles is 1. The minimum absolute atomic E-state index is 0.0584. The van der Waals surface area contributed by atoms with E-state index >= 15 is 0 Å². The Labute approximate surface area is 184 Å². The number of likely N-dealkylation sites (N-methyl/N-ethyl adjacent to an activating group) is 1. The molecule has 2 aromatic carbocycles. The Morgan fingerprint density at radius 1 is 0.935 bits per heavy atom. The first-order valence-corrected chi connectivity index (χ1v) is 10.1. The quantitative estimate of drug-likeness (QED) is 0.551. The van der Waals surface area contributed by atoms with Crippen molar-refractivity contribution >= 4 is 5.91 Å². The van der Waals surface area contributed by atoms with Crippen molar-refractivity contribution in [1.82, 2.24) is 9.80 Å². The monoisotopic (exact) mass is 425 g/mol. The summed E-state index contributed by atoms with van der Waals surface area (Å²) in [7, 11) is 8.69. The number of carbonyl (C=O) groups excluding carboxylic acids is 1. The van der Waals surface area contributed by atoms with Gasteiger partial charge in [-0.2, -0.15) is 5.26 Å². The van der Waals surface area contributed by atoms with Crippen LogP contribution in [0.2, 0.25) is 0 Å². The summed E-state index contributed by atoms with van der Waals surface area (Å²) < 4.78 is 16.3. The molecule has 2 rings (SSSR count). The van der Waals surface area contributed by atoms with Crippen LogP contribution in [0.5, 0.6) is 17.2 Å². The molecule has 0 aliphatic carbocycles. The summed E-state index contributed by atoms with van der Waals surface area (Å²) in [5.74, 6) is 1.75. The molecule has 0 aliphatic rings. The summed E-state index contributed by atoms with van der Waals surface area (Å²) in [5.41, 5.74) is 2.49. The van der Waals surface area contributed by atoms with Crippen molar-refractivity contribution in [3.8, 4) is 23.3 Å². The minimum Gasteiger partial charge on any atom is -0.493 e.